The Morgan fingerprint density at radius 1 is 0.667 bits per heavy atom. The molecule has 170 valence electrons. The second-order valence-electron chi connectivity index (χ2n) is 6.93. The maximum absolute atomic E-state index is 8.73. The molecule has 0 aliphatic heterocycles. The first-order valence-corrected chi connectivity index (χ1v) is 10.3. The van der Waals surface area contributed by atoms with E-state index in [2.05, 4.69) is 18.9 Å². The van der Waals surface area contributed by atoms with Crippen LogP contribution in [0.2, 0.25) is 0 Å². The molecule has 0 saturated heterocycles. The lowest BCUT2D eigenvalue weighted by atomic mass is 10.1. The minimum atomic E-state index is -0.954. The molecule has 0 saturated carbocycles. The van der Waals surface area contributed by atoms with Crippen molar-refractivity contribution in [1.29, 1.82) is 0 Å². The van der Waals surface area contributed by atoms with E-state index in [1.807, 2.05) is 0 Å². The molecule has 0 rings (SSSR count). The summed E-state index contributed by atoms with van der Waals surface area (Å²) in [5.74, 6) is 0. The van der Waals surface area contributed by atoms with Gasteiger partial charge in [-0.25, -0.2) is 0 Å². The van der Waals surface area contributed by atoms with Gasteiger partial charge in [0.15, 0.2) is 0 Å². The summed E-state index contributed by atoms with van der Waals surface area (Å²) in [6.45, 7) is 4.25. The van der Waals surface area contributed by atoms with Crippen LogP contribution < -0.4 is 6.15 Å². The van der Waals surface area contributed by atoms with Crippen LogP contribution in [0.5, 0.6) is 0 Å². The van der Waals surface area contributed by atoms with Crippen LogP contribution in [-0.2, 0) is 0 Å². The second kappa shape index (κ2) is 30.8. The minimum Gasteiger partial charge on any atom is -0.396 e. The maximum atomic E-state index is 8.73. The van der Waals surface area contributed by atoms with Crippen molar-refractivity contribution in [3.63, 3.8) is 0 Å². The van der Waals surface area contributed by atoms with Crippen LogP contribution in [0, 0.1) is 0 Å². The second-order valence-corrected chi connectivity index (χ2v) is 6.93. The number of halogens is 1. The van der Waals surface area contributed by atoms with Crippen molar-refractivity contribution in [3.8, 4) is 0 Å². The van der Waals surface area contributed by atoms with E-state index in [0.717, 1.165) is 19.4 Å². The first-order valence-electron chi connectivity index (χ1n) is 10.3. The standard InChI is InChI=1S/C17H37NO.C3H8O3.ClH.H3N/c1-3-4-5-6-7-8-9-10-11-12-15-18(2)16-13-14-17-19;4-1-3(6)2-5;;/h19H,3-17H2,1-2H3;3-6H,1-2H2;1H;1H3. The lowest BCUT2D eigenvalue weighted by Gasteiger charge is -2.15. The first-order chi connectivity index (χ1) is 12.1. The summed E-state index contributed by atoms with van der Waals surface area (Å²) in [4.78, 5) is 2.40. The molecule has 0 aliphatic carbocycles. The van der Waals surface area contributed by atoms with Crippen molar-refractivity contribution >= 4 is 12.4 Å². The Morgan fingerprint density at radius 2 is 1.04 bits per heavy atom. The highest BCUT2D eigenvalue weighted by Gasteiger charge is 1.98. The van der Waals surface area contributed by atoms with Gasteiger partial charge in [0.2, 0.25) is 0 Å². The molecule has 0 aromatic rings. The molecule has 0 aliphatic rings. The zero-order valence-corrected chi connectivity index (χ0v) is 18.8. The van der Waals surface area contributed by atoms with Crippen molar-refractivity contribution in [2.45, 2.75) is 90.1 Å². The number of hydrogen-bond donors (Lipinski definition) is 5. The van der Waals surface area contributed by atoms with E-state index < -0.39 is 6.10 Å². The molecule has 0 atom stereocenters. The van der Waals surface area contributed by atoms with E-state index in [1.54, 1.807) is 0 Å². The van der Waals surface area contributed by atoms with E-state index in [-0.39, 0.29) is 31.8 Å². The van der Waals surface area contributed by atoms with Gasteiger partial charge in [0.05, 0.1) is 13.2 Å². The van der Waals surface area contributed by atoms with E-state index in [0.29, 0.717) is 6.61 Å². The zero-order chi connectivity index (χ0) is 19.2. The number of nitrogens with zero attached hydrogens (tertiary/aromatic N) is 1. The van der Waals surface area contributed by atoms with E-state index >= 15 is 0 Å². The molecule has 0 heterocycles. The van der Waals surface area contributed by atoms with Crippen LogP contribution in [0.4, 0.5) is 0 Å². The SMILES string of the molecule is CCCCCCCCCCCCN(C)CCCCO.Cl.N.OCC(O)CO. The van der Waals surface area contributed by atoms with Gasteiger partial charge in [0.1, 0.15) is 6.10 Å². The maximum Gasteiger partial charge on any atom is 0.100 e. The summed E-state index contributed by atoms with van der Waals surface area (Å²) >= 11 is 0. The minimum absolute atomic E-state index is 0. The Kier molecular flexibility index (Phi) is 39.4. The van der Waals surface area contributed by atoms with Crippen molar-refractivity contribution in [2.75, 3.05) is 40.0 Å². The summed E-state index contributed by atoms with van der Waals surface area (Å²) < 4.78 is 0. The van der Waals surface area contributed by atoms with Gasteiger partial charge in [-0.1, -0.05) is 64.7 Å². The molecule has 0 unspecified atom stereocenters. The molecule has 0 bridgehead atoms. The average Bonchev–Trinajstić information content (AvgIpc) is 2.63. The molecule has 0 aromatic carbocycles. The van der Waals surface area contributed by atoms with Crippen molar-refractivity contribution < 1.29 is 20.4 Å². The molecule has 0 amide bonds. The molecule has 7 N–H and O–H groups in total. The number of aliphatic hydroxyl groups excluding tert-OH is 4. The van der Waals surface area contributed by atoms with Crippen LogP contribution in [0.1, 0.15) is 84.0 Å². The Bertz CT molecular complexity index is 236. The molecular weight excluding hydrogens is 368 g/mol. The highest BCUT2D eigenvalue weighted by molar-refractivity contribution is 5.85. The third-order valence-corrected chi connectivity index (χ3v) is 4.26. The highest BCUT2D eigenvalue weighted by Crippen LogP contribution is 2.10. The van der Waals surface area contributed by atoms with Gasteiger partial charge in [-0.3, -0.25) is 0 Å². The smallest absolute Gasteiger partial charge is 0.100 e. The molecule has 0 radical (unpaired) electrons. The lowest BCUT2D eigenvalue weighted by molar-refractivity contribution is 0.0450. The molecule has 6 nitrogen and oxygen atoms in total. The van der Waals surface area contributed by atoms with Gasteiger partial charge in [-0.15, -0.1) is 12.4 Å². The fourth-order valence-corrected chi connectivity index (χ4v) is 2.53. The average molecular weight is 417 g/mol. The number of unbranched alkanes of at least 4 members (excludes halogenated alkanes) is 10. The fourth-order valence-electron chi connectivity index (χ4n) is 2.53. The van der Waals surface area contributed by atoms with E-state index in [1.165, 1.54) is 70.8 Å². The van der Waals surface area contributed by atoms with Gasteiger partial charge >= 0.3 is 0 Å². The number of aliphatic hydroxyl groups is 4. The topological polar surface area (TPSA) is 119 Å². The molecule has 27 heavy (non-hydrogen) atoms. The van der Waals surface area contributed by atoms with Crippen LogP contribution in [-0.4, -0.2) is 71.4 Å². The number of rotatable bonds is 17. The van der Waals surface area contributed by atoms with E-state index in [4.69, 9.17) is 20.4 Å². The molecule has 7 heteroatoms. The van der Waals surface area contributed by atoms with Crippen molar-refractivity contribution in [2.24, 2.45) is 0 Å². The summed E-state index contributed by atoms with van der Waals surface area (Å²) in [6.07, 6.45) is 15.2. The summed E-state index contributed by atoms with van der Waals surface area (Å²) in [5, 5.41) is 32.7. The normalized spacial score (nSPS) is 10.2. The van der Waals surface area contributed by atoms with Gasteiger partial charge in [-0.05, 0) is 39.4 Å². The van der Waals surface area contributed by atoms with Gasteiger partial charge in [0, 0.05) is 6.61 Å². The van der Waals surface area contributed by atoms with Gasteiger partial charge in [-0.2, -0.15) is 0 Å². The lowest BCUT2D eigenvalue weighted by Crippen LogP contribution is -2.21. The summed E-state index contributed by atoms with van der Waals surface area (Å²) in [6, 6.07) is 0. The summed E-state index contributed by atoms with van der Waals surface area (Å²) in [7, 11) is 2.20. The Morgan fingerprint density at radius 3 is 1.37 bits per heavy atom. The zero-order valence-electron chi connectivity index (χ0n) is 17.9. The van der Waals surface area contributed by atoms with Crippen LogP contribution >= 0.6 is 12.4 Å². The Labute approximate surface area is 174 Å². The van der Waals surface area contributed by atoms with Crippen LogP contribution in [0.3, 0.4) is 0 Å². The molecule has 0 spiro atoms. The molecule has 0 aromatic heterocycles. The summed E-state index contributed by atoms with van der Waals surface area (Å²) in [5.41, 5.74) is 0. The van der Waals surface area contributed by atoms with Gasteiger partial charge in [0.25, 0.3) is 0 Å². The number of hydrogen-bond acceptors (Lipinski definition) is 6. The predicted octanol–water partition coefficient (Wildman–Crippen LogP) is 3.53. The Balaban J connectivity index is -0.000000286. The molecular formula is C20H49ClN2O4. The highest BCUT2D eigenvalue weighted by atomic mass is 35.5. The third kappa shape index (κ3) is 34.0. The van der Waals surface area contributed by atoms with E-state index in [9.17, 15) is 0 Å². The predicted molar refractivity (Wildman–Crippen MR) is 118 cm³/mol. The first kappa shape index (κ1) is 34.5. The van der Waals surface area contributed by atoms with Crippen molar-refractivity contribution in [3.05, 3.63) is 0 Å². The monoisotopic (exact) mass is 416 g/mol. The molecule has 0 fully saturated rings. The third-order valence-electron chi connectivity index (χ3n) is 4.26. The van der Waals surface area contributed by atoms with Crippen LogP contribution in [0.15, 0.2) is 0 Å². The quantitative estimate of drug-likeness (QED) is 0.231. The van der Waals surface area contributed by atoms with Crippen molar-refractivity contribution in [1.82, 2.24) is 11.1 Å². The fraction of sp³-hybridized carbons (Fsp3) is 1.00. The van der Waals surface area contributed by atoms with Gasteiger partial charge < -0.3 is 31.5 Å². The largest absolute Gasteiger partial charge is 0.396 e. The van der Waals surface area contributed by atoms with Crippen LogP contribution in [0.25, 0.3) is 0 Å². The Hall–Kier alpha value is 0.0500.